The van der Waals surface area contributed by atoms with Crippen LogP contribution in [-0.2, 0) is 6.54 Å². The van der Waals surface area contributed by atoms with Gasteiger partial charge < -0.3 is 9.84 Å². The highest BCUT2D eigenvalue weighted by molar-refractivity contribution is 5.03. The summed E-state index contributed by atoms with van der Waals surface area (Å²) in [6.07, 6.45) is 3.93. The second kappa shape index (κ2) is 5.00. The largest absolute Gasteiger partial charge is 0.361 e. The summed E-state index contributed by atoms with van der Waals surface area (Å²) in [7, 11) is 0. The van der Waals surface area contributed by atoms with Crippen molar-refractivity contribution >= 4 is 0 Å². The maximum Gasteiger partial charge on any atom is 0.133 e. The third-order valence-corrected chi connectivity index (χ3v) is 3.85. The van der Waals surface area contributed by atoms with E-state index in [-0.39, 0.29) is 0 Å². The average Bonchev–Trinajstić information content (AvgIpc) is 2.66. The fraction of sp³-hybridized carbons (Fsp3) is 0.769. The molecule has 3 atom stereocenters. The normalized spacial score (nSPS) is 30.6. The van der Waals surface area contributed by atoms with Crippen LogP contribution in [0.2, 0.25) is 0 Å². The van der Waals surface area contributed by atoms with Gasteiger partial charge in [0.1, 0.15) is 5.76 Å². The Labute approximate surface area is 97.6 Å². The van der Waals surface area contributed by atoms with Crippen LogP contribution in [0, 0.1) is 18.8 Å². The van der Waals surface area contributed by atoms with Crippen molar-refractivity contribution in [2.24, 2.45) is 11.8 Å². The molecule has 0 radical (unpaired) electrons. The van der Waals surface area contributed by atoms with Crippen LogP contribution in [0.4, 0.5) is 0 Å². The molecule has 1 aromatic rings. The summed E-state index contributed by atoms with van der Waals surface area (Å²) in [4.78, 5) is 0. The standard InChI is InChI=1S/C13H22N2O/c1-9-4-5-12(6-10(9)2)14-8-13-7-11(3)16-15-13/h7,9-10,12,14H,4-6,8H2,1-3H3. The van der Waals surface area contributed by atoms with Gasteiger partial charge >= 0.3 is 0 Å². The quantitative estimate of drug-likeness (QED) is 0.854. The molecule has 1 aromatic heterocycles. The van der Waals surface area contributed by atoms with Crippen LogP contribution in [0.15, 0.2) is 10.6 Å². The molecule has 1 N–H and O–H groups in total. The van der Waals surface area contributed by atoms with Crippen LogP contribution in [-0.4, -0.2) is 11.2 Å². The molecule has 0 amide bonds. The molecule has 16 heavy (non-hydrogen) atoms. The average molecular weight is 222 g/mol. The Morgan fingerprint density at radius 2 is 2.19 bits per heavy atom. The van der Waals surface area contributed by atoms with Crippen molar-refractivity contribution in [2.45, 2.75) is 52.6 Å². The van der Waals surface area contributed by atoms with E-state index in [1.54, 1.807) is 0 Å². The predicted molar refractivity (Wildman–Crippen MR) is 64.0 cm³/mol. The van der Waals surface area contributed by atoms with Gasteiger partial charge in [-0.1, -0.05) is 19.0 Å². The Kier molecular flexibility index (Phi) is 3.64. The Hall–Kier alpha value is -0.830. The molecule has 0 saturated heterocycles. The van der Waals surface area contributed by atoms with Gasteiger partial charge in [0, 0.05) is 18.7 Å². The SMILES string of the molecule is Cc1cc(CNC2CCC(C)C(C)C2)no1. The molecule has 1 aliphatic carbocycles. The Morgan fingerprint density at radius 3 is 2.81 bits per heavy atom. The van der Waals surface area contributed by atoms with Crippen LogP contribution in [0.3, 0.4) is 0 Å². The third kappa shape index (κ3) is 2.85. The zero-order valence-corrected chi connectivity index (χ0v) is 10.5. The number of rotatable bonds is 3. The molecule has 3 nitrogen and oxygen atoms in total. The maximum absolute atomic E-state index is 5.05. The molecular weight excluding hydrogens is 200 g/mol. The number of hydrogen-bond donors (Lipinski definition) is 1. The number of hydrogen-bond acceptors (Lipinski definition) is 3. The second-order valence-corrected chi connectivity index (χ2v) is 5.27. The summed E-state index contributed by atoms with van der Waals surface area (Å²) in [5, 5.41) is 7.58. The highest BCUT2D eigenvalue weighted by Crippen LogP contribution is 2.29. The van der Waals surface area contributed by atoms with Crippen molar-refractivity contribution in [2.75, 3.05) is 0 Å². The molecule has 0 aliphatic heterocycles. The monoisotopic (exact) mass is 222 g/mol. The van der Waals surface area contributed by atoms with Gasteiger partial charge in [-0.25, -0.2) is 0 Å². The van der Waals surface area contributed by atoms with Crippen LogP contribution >= 0.6 is 0 Å². The fourth-order valence-corrected chi connectivity index (χ4v) is 2.48. The lowest BCUT2D eigenvalue weighted by Gasteiger charge is -2.32. The minimum absolute atomic E-state index is 0.656. The molecule has 3 heteroatoms. The van der Waals surface area contributed by atoms with Crippen molar-refractivity contribution < 1.29 is 4.52 Å². The van der Waals surface area contributed by atoms with Crippen molar-refractivity contribution in [3.05, 3.63) is 17.5 Å². The first-order valence-corrected chi connectivity index (χ1v) is 6.30. The molecule has 0 aromatic carbocycles. The maximum atomic E-state index is 5.05. The first-order chi connectivity index (χ1) is 7.65. The van der Waals surface area contributed by atoms with Crippen molar-refractivity contribution in [1.82, 2.24) is 10.5 Å². The lowest BCUT2D eigenvalue weighted by molar-refractivity contribution is 0.224. The van der Waals surface area contributed by atoms with Crippen molar-refractivity contribution in [3.8, 4) is 0 Å². The molecule has 3 unspecified atom stereocenters. The zero-order chi connectivity index (χ0) is 11.5. The Morgan fingerprint density at radius 1 is 1.38 bits per heavy atom. The lowest BCUT2D eigenvalue weighted by Crippen LogP contribution is -2.35. The summed E-state index contributed by atoms with van der Waals surface area (Å²) in [5.74, 6) is 2.61. The lowest BCUT2D eigenvalue weighted by atomic mass is 9.79. The molecule has 0 spiro atoms. The first-order valence-electron chi connectivity index (χ1n) is 6.30. The van der Waals surface area contributed by atoms with Crippen LogP contribution < -0.4 is 5.32 Å². The zero-order valence-electron chi connectivity index (χ0n) is 10.5. The molecular formula is C13H22N2O. The van der Waals surface area contributed by atoms with E-state index in [2.05, 4.69) is 24.3 Å². The summed E-state index contributed by atoms with van der Waals surface area (Å²) in [6.45, 7) is 7.49. The van der Waals surface area contributed by atoms with Crippen LogP contribution in [0.25, 0.3) is 0 Å². The summed E-state index contributed by atoms with van der Waals surface area (Å²) in [6, 6.07) is 2.66. The summed E-state index contributed by atoms with van der Waals surface area (Å²) >= 11 is 0. The molecule has 1 aliphatic rings. The van der Waals surface area contributed by atoms with E-state index >= 15 is 0 Å². The molecule has 90 valence electrons. The van der Waals surface area contributed by atoms with E-state index in [1.807, 2.05) is 13.0 Å². The Bertz CT molecular complexity index is 334. The molecule has 1 saturated carbocycles. The van der Waals surface area contributed by atoms with Crippen LogP contribution in [0.5, 0.6) is 0 Å². The molecule has 0 bridgehead atoms. The summed E-state index contributed by atoms with van der Waals surface area (Å²) in [5.41, 5.74) is 1.02. The second-order valence-electron chi connectivity index (χ2n) is 5.27. The smallest absolute Gasteiger partial charge is 0.133 e. The van der Waals surface area contributed by atoms with Gasteiger partial charge in [-0.2, -0.15) is 0 Å². The van der Waals surface area contributed by atoms with E-state index in [1.165, 1.54) is 19.3 Å². The van der Waals surface area contributed by atoms with Gasteiger partial charge in [0.15, 0.2) is 0 Å². The number of nitrogens with zero attached hydrogens (tertiary/aromatic N) is 1. The third-order valence-electron chi connectivity index (χ3n) is 3.85. The van der Waals surface area contributed by atoms with E-state index in [0.29, 0.717) is 6.04 Å². The first kappa shape index (κ1) is 11.6. The highest BCUT2D eigenvalue weighted by atomic mass is 16.5. The van der Waals surface area contributed by atoms with E-state index in [9.17, 15) is 0 Å². The molecule has 1 fully saturated rings. The summed E-state index contributed by atoms with van der Waals surface area (Å²) < 4.78 is 5.05. The van der Waals surface area contributed by atoms with Gasteiger partial charge in [-0.15, -0.1) is 0 Å². The van der Waals surface area contributed by atoms with Crippen molar-refractivity contribution in [3.63, 3.8) is 0 Å². The Balaban J connectivity index is 1.78. The number of nitrogens with one attached hydrogen (secondary N) is 1. The fourth-order valence-electron chi connectivity index (χ4n) is 2.48. The predicted octanol–water partition coefficient (Wildman–Crippen LogP) is 2.90. The van der Waals surface area contributed by atoms with Gasteiger partial charge in [0.25, 0.3) is 0 Å². The van der Waals surface area contributed by atoms with Gasteiger partial charge in [-0.05, 0) is 38.0 Å². The van der Waals surface area contributed by atoms with Crippen molar-refractivity contribution in [1.29, 1.82) is 0 Å². The topological polar surface area (TPSA) is 38.1 Å². The van der Waals surface area contributed by atoms with Gasteiger partial charge in [-0.3, -0.25) is 0 Å². The van der Waals surface area contributed by atoms with E-state index in [0.717, 1.165) is 29.8 Å². The minimum atomic E-state index is 0.656. The van der Waals surface area contributed by atoms with Crippen LogP contribution in [0.1, 0.15) is 44.6 Å². The number of aryl methyl sites for hydroxylation is 1. The van der Waals surface area contributed by atoms with E-state index < -0.39 is 0 Å². The van der Waals surface area contributed by atoms with Gasteiger partial charge in [0.2, 0.25) is 0 Å². The minimum Gasteiger partial charge on any atom is -0.361 e. The van der Waals surface area contributed by atoms with Gasteiger partial charge in [0.05, 0.1) is 5.69 Å². The molecule has 2 rings (SSSR count). The number of aromatic nitrogens is 1. The van der Waals surface area contributed by atoms with E-state index in [4.69, 9.17) is 4.52 Å². The highest BCUT2D eigenvalue weighted by Gasteiger charge is 2.24. The molecule has 1 heterocycles.